The second-order valence-corrected chi connectivity index (χ2v) is 15.0. The molecule has 212 valence electrons. The molecule has 0 atom stereocenters. The van der Waals surface area contributed by atoms with Crippen LogP contribution in [0.3, 0.4) is 0 Å². The number of ether oxygens (including phenoxy) is 2. The summed E-state index contributed by atoms with van der Waals surface area (Å²) in [5.41, 5.74) is 0.556. The Morgan fingerprint density at radius 1 is 0.575 bits per heavy atom. The molecule has 4 aromatic rings. The zero-order valence-electron chi connectivity index (χ0n) is 24.3. The summed E-state index contributed by atoms with van der Waals surface area (Å²) in [5, 5.41) is 3.94. The van der Waals surface area contributed by atoms with Crippen molar-refractivity contribution in [3.8, 4) is 11.5 Å². The quantitative estimate of drug-likeness (QED) is 0.196. The van der Waals surface area contributed by atoms with Crippen molar-refractivity contribution in [2.45, 2.75) is 64.6 Å². The van der Waals surface area contributed by atoms with Crippen LogP contribution in [0.25, 0.3) is 0 Å². The molecule has 5 nitrogen and oxygen atoms in total. The smallest absolute Gasteiger partial charge is 0.294 e. The van der Waals surface area contributed by atoms with Crippen molar-refractivity contribution >= 4 is 34.0 Å². The molecule has 0 saturated carbocycles. The first-order valence-corrected chi connectivity index (χ1v) is 15.9. The molecule has 0 bridgehead atoms. The largest absolute Gasteiger partial charge is 0.488 e. The molecule has 0 radical (unpaired) electrons. The molecule has 40 heavy (non-hydrogen) atoms. The average Bonchev–Trinajstić information content (AvgIpc) is 2.85. The summed E-state index contributed by atoms with van der Waals surface area (Å²) in [6.07, 6.45) is 0. The highest BCUT2D eigenvalue weighted by molar-refractivity contribution is 7.85. The summed E-state index contributed by atoms with van der Waals surface area (Å²) in [5.74, 6) is 1.80. The number of hydrogen-bond acceptors (Lipinski definition) is 4. The molecule has 0 aliphatic rings. The van der Waals surface area contributed by atoms with E-state index in [-0.39, 0.29) is 16.1 Å². The van der Waals surface area contributed by atoms with Gasteiger partial charge in [-0.1, -0.05) is 72.3 Å². The summed E-state index contributed by atoms with van der Waals surface area (Å²) in [6.45, 7) is 14.3. The van der Waals surface area contributed by atoms with Gasteiger partial charge in [0.1, 0.15) is 22.7 Å². The average molecular weight is 579 g/mol. The summed E-state index contributed by atoms with van der Waals surface area (Å²) in [6, 6.07) is 33.8. The van der Waals surface area contributed by atoms with E-state index in [9.17, 15) is 8.42 Å². The van der Waals surface area contributed by atoms with Gasteiger partial charge in [-0.15, -0.1) is 0 Å². The molecule has 0 fully saturated rings. The van der Waals surface area contributed by atoms with Crippen molar-refractivity contribution in [1.82, 2.24) is 0 Å². The van der Waals surface area contributed by atoms with E-state index >= 15 is 0 Å². The van der Waals surface area contributed by atoms with Crippen LogP contribution >= 0.6 is 7.92 Å². The lowest BCUT2D eigenvalue weighted by Crippen LogP contribution is -2.24. The van der Waals surface area contributed by atoms with E-state index in [1.165, 1.54) is 28.0 Å². The van der Waals surface area contributed by atoms with Gasteiger partial charge in [-0.3, -0.25) is 4.55 Å². The summed E-state index contributed by atoms with van der Waals surface area (Å²) in [4.78, 5) is -0.0666. The van der Waals surface area contributed by atoms with Gasteiger partial charge in [0, 0.05) is 0 Å². The molecule has 7 heteroatoms. The molecule has 0 unspecified atom stereocenters. The second-order valence-electron chi connectivity index (χ2n) is 11.4. The molecule has 4 aromatic carbocycles. The predicted molar refractivity (Wildman–Crippen MR) is 167 cm³/mol. The van der Waals surface area contributed by atoms with Crippen LogP contribution in [0.2, 0.25) is 0 Å². The molecule has 0 heterocycles. The van der Waals surface area contributed by atoms with Gasteiger partial charge in [0.2, 0.25) is 0 Å². The van der Waals surface area contributed by atoms with Crippen molar-refractivity contribution in [2.24, 2.45) is 0 Å². The fourth-order valence-electron chi connectivity index (χ4n) is 3.77. The summed E-state index contributed by atoms with van der Waals surface area (Å²) >= 11 is 0. The highest BCUT2D eigenvalue weighted by atomic mass is 32.2. The third-order valence-corrected chi connectivity index (χ3v) is 8.68. The first-order valence-electron chi connectivity index (χ1n) is 13.1. The molecular formula is C33H39O5PS. The Hall–Kier alpha value is -3.18. The third kappa shape index (κ3) is 10.1. The zero-order valence-corrected chi connectivity index (χ0v) is 26.0. The van der Waals surface area contributed by atoms with E-state index in [1.807, 2.05) is 6.92 Å². The molecular weight excluding hydrogens is 539 g/mol. The highest BCUT2D eigenvalue weighted by Gasteiger charge is 2.19. The van der Waals surface area contributed by atoms with Crippen LogP contribution in [0.15, 0.2) is 108 Å². The van der Waals surface area contributed by atoms with Crippen LogP contribution in [0, 0.1) is 6.92 Å². The van der Waals surface area contributed by atoms with E-state index in [1.54, 1.807) is 12.1 Å². The van der Waals surface area contributed by atoms with Crippen molar-refractivity contribution < 1.29 is 22.4 Å². The second kappa shape index (κ2) is 13.0. The topological polar surface area (TPSA) is 72.8 Å². The van der Waals surface area contributed by atoms with Crippen LogP contribution in [-0.4, -0.2) is 24.2 Å². The highest BCUT2D eigenvalue weighted by Crippen LogP contribution is 2.34. The molecule has 0 aliphatic heterocycles. The van der Waals surface area contributed by atoms with Crippen molar-refractivity contribution in [2.75, 3.05) is 0 Å². The first-order chi connectivity index (χ1) is 18.6. The van der Waals surface area contributed by atoms with Crippen molar-refractivity contribution in [3.05, 3.63) is 109 Å². The Morgan fingerprint density at radius 2 is 0.950 bits per heavy atom. The summed E-state index contributed by atoms with van der Waals surface area (Å²) in [7, 11) is -4.67. The lowest BCUT2D eigenvalue weighted by atomic mass is 10.2. The maximum atomic E-state index is 10.5. The van der Waals surface area contributed by atoms with Crippen LogP contribution in [0.5, 0.6) is 11.5 Å². The van der Waals surface area contributed by atoms with E-state index in [0.717, 1.165) is 17.1 Å². The SMILES string of the molecule is CC(C)(C)Oc1ccc(P(c2ccccc2)c2ccc(OC(C)(C)C)cc2)cc1.Cc1ccc(S(=O)(=O)O)cc1. The monoisotopic (exact) mass is 578 g/mol. The Kier molecular flexibility index (Phi) is 10.2. The Balaban J connectivity index is 0.000000336. The summed E-state index contributed by atoms with van der Waals surface area (Å²) < 4.78 is 41.6. The molecule has 0 spiro atoms. The predicted octanol–water partition coefficient (Wildman–Crippen LogP) is 7.04. The minimum Gasteiger partial charge on any atom is -0.488 e. The van der Waals surface area contributed by atoms with E-state index < -0.39 is 18.0 Å². The lowest BCUT2D eigenvalue weighted by Gasteiger charge is -2.24. The van der Waals surface area contributed by atoms with Crippen LogP contribution in [0.4, 0.5) is 0 Å². The molecule has 1 N–H and O–H groups in total. The fourth-order valence-corrected chi connectivity index (χ4v) is 6.51. The molecule has 0 aliphatic carbocycles. The minimum absolute atomic E-state index is 0.0666. The molecule has 0 amide bonds. The normalized spacial score (nSPS) is 11.9. The van der Waals surface area contributed by atoms with Crippen LogP contribution in [-0.2, 0) is 10.1 Å². The Labute approximate surface area is 240 Å². The third-order valence-electron chi connectivity index (χ3n) is 5.37. The van der Waals surface area contributed by atoms with E-state index in [4.69, 9.17) is 14.0 Å². The number of aryl methyl sites for hydroxylation is 1. The molecule has 0 saturated heterocycles. The first kappa shape index (κ1) is 31.3. The van der Waals surface area contributed by atoms with Gasteiger partial charge >= 0.3 is 0 Å². The van der Waals surface area contributed by atoms with Crippen molar-refractivity contribution in [3.63, 3.8) is 0 Å². The van der Waals surface area contributed by atoms with E-state index in [2.05, 4.69) is 120 Å². The maximum Gasteiger partial charge on any atom is 0.294 e. The van der Waals surface area contributed by atoms with Gasteiger partial charge in [-0.05, 0) is 109 Å². The van der Waals surface area contributed by atoms with Gasteiger partial charge in [0.05, 0.1) is 4.90 Å². The lowest BCUT2D eigenvalue weighted by molar-refractivity contribution is 0.130. The molecule has 4 rings (SSSR count). The van der Waals surface area contributed by atoms with Gasteiger partial charge in [-0.25, -0.2) is 0 Å². The van der Waals surface area contributed by atoms with Crippen molar-refractivity contribution in [1.29, 1.82) is 0 Å². The molecule has 0 aromatic heterocycles. The zero-order chi connectivity index (χ0) is 29.6. The van der Waals surface area contributed by atoms with Crippen LogP contribution in [0.1, 0.15) is 47.1 Å². The number of benzene rings is 4. The number of hydrogen-bond donors (Lipinski definition) is 1. The Morgan fingerprint density at radius 3 is 1.30 bits per heavy atom. The minimum atomic E-state index is -4.02. The fraction of sp³-hybridized carbons (Fsp3) is 0.273. The van der Waals surface area contributed by atoms with Gasteiger partial charge in [0.15, 0.2) is 0 Å². The van der Waals surface area contributed by atoms with Gasteiger partial charge < -0.3 is 9.47 Å². The van der Waals surface area contributed by atoms with E-state index in [0.29, 0.717) is 0 Å². The maximum absolute atomic E-state index is 10.5. The van der Waals surface area contributed by atoms with Crippen LogP contribution < -0.4 is 25.4 Å². The Bertz CT molecular complexity index is 1390. The number of rotatable bonds is 6. The van der Waals surface area contributed by atoms with Gasteiger partial charge in [0.25, 0.3) is 10.1 Å². The van der Waals surface area contributed by atoms with Gasteiger partial charge in [-0.2, -0.15) is 8.42 Å². The standard InChI is InChI=1S/C26H31O2P.C7H8O3S/c1-25(2,3)27-20-12-16-23(17-13-20)29(22-10-8-7-9-11-22)24-18-14-21(15-19-24)28-26(4,5)6;1-6-2-4-7(5-3-6)11(8,9)10/h7-19H,1-6H3;2-5H,1H3,(H,8,9,10).